The Bertz CT molecular complexity index is 554. The number of hydrogen-bond donors (Lipinski definition) is 1. The minimum atomic E-state index is -0.190. The summed E-state index contributed by atoms with van der Waals surface area (Å²) < 4.78 is 10.7. The Kier molecular flexibility index (Phi) is 6.34. The van der Waals surface area contributed by atoms with Gasteiger partial charge in [0.1, 0.15) is 18.1 Å². The molecule has 0 aromatic carbocycles. The van der Waals surface area contributed by atoms with E-state index in [9.17, 15) is 4.79 Å². The van der Waals surface area contributed by atoms with Crippen LogP contribution in [0.3, 0.4) is 0 Å². The molecule has 0 spiro atoms. The van der Waals surface area contributed by atoms with Crippen LogP contribution >= 0.6 is 0 Å². The maximum atomic E-state index is 11.8. The molecule has 2 fully saturated rings. The molecule has 2 aliphatic rings. The summed E-state index contributed by atoms with van der Waals surface area (Å²) in [6.07, 6.45) is 2.19. The van der Waals surface area contributed by atoms with Crippen molar-refractivity contribution in [3.8, 4) is 0 Å². The van der Waals surface area contributed by atoms with E-state index in [0.717, 1.165) is 51.6 Å². The molecule has 1 aromatic rings. The number of ether oxygens (including phenoxy) is 1. The van der Waals surface area contributed by atoms with E-state index in [1.165, 1.54) is 12.8 Å². The highest BCUT2D eigenvalue weighted by Crippen LogP contribution is 2.20. The summed E-state index contributed by atoms with van der Waals surface area (Å²) in [5.74, 6) is 1.54. The van der Waals surface area contributed by atoms with Gasteiger partial charge in [-0.15, -0.1) is 0 Å². The van der Waals surface area contributed by atoms with Gasteiger partial charge in [0.15, 0.2) is 0 Å². The van der Waals surface area contributed by atoms with Crippen LogP contribution in [0.4, 0.5) is 4.79 Å². The van der Waals surface area contributed by atoms with Gasteiger partial charge >= 0.3 is 6.09 Å². The SMILES string of the molecule is CCOC(=O)N1CCN(C2CCCN(Cc3ccc(CO)o3)C2)CC1. The van der Waals surface area contributed by atoms with Crippen molar-refractivity contribution in [2.45, 2.75) is 39.0 Å². The third-order valence-corrected chi connectivity index (χ3v) is 5.09. The lowest BCUT2D eigenvalue weighted by molar-refractivity contribution is 0.0397. The lowest BCUT2D eigenvalue weighted by atomic mass is 10.0. The molecule has 2 aliphatic heterocycles. The number of aliphatic hydroxyl groups excluding tert-OH is 1. The number of carbonyl (C=O) groups is 1. The van der Waals surface area contributed by atoms with Gasteiger partial charge in [0, 0.05) is 38.8 Å². The topological polar surface area (TPSA) is 69.4 Å². The van der Waals surface area contributed by atoms with Crippen molar-refractivity contribution < 1.29 is 19.1 Å². The maximum absolute atomic E-state index is 11.8. The fourth-order valence-corrected chi connectivity index (χ4v) is 3.77. The summed E-state index contributed by atoms with van der Waals surface area (Å²) in [7, 11) is 0. The first-order chi connectivity index (χ1) is 12.2. The smallest absolute Gasteiger partial charge is 0.409 e. The minimum Gasteiger partial charge on any atom is -0.462 e. The van der Waals surface area contributed by atoms with Gasteiger partial charge in [-0.25, -0.2) is 4.79 Å². The van der Waals surface area contributed by atoms with Crippen LogP contribution in [0.1, 0.15) is 31.3 Å². The molecular formula is C18H29N3O4. The zero-order valence-corrected chi connectivity index (χ0v) is 15.0. The Balaban J connectivity index is 1.48. The van der Waals surface area contributed by atoms with Crippen molar-refractivity contribution in [1.29, 1.82) is 0 Å². The van der Waals surface area contributed by atoms with E-state index in [4.69, 9.17) is 14.3 Å². The Labute approximate surface area is 149 Å². The summed E-state index contributed by atoms with van der Waals surface area (Å²) in [6, 6.07) is 4.32. The van der Waals surface area contributed by atoms with E-state index >= 15 is 0 Å². The lowest BCUT2D eigenvalue weighted by Crippen LogP contribution is -2.55. The summed E-state index contributed by atoms with van der Waals surface area (Å²) in [5.41, 5.74) is 0. The Morgan fingerprint density at radius 1 is 1.24 bits per heavy atom. The Morgan fingerprint density at radius 3 is 2.68 bits per heavy atom. The maximum Gasteiger partial charge on any atom is 0.409 e. The zero-order valence-electron chi connectivity index (χ0n) is 15.0. The van der Waals surface area contributed by atoms with Crippen molar-refractivity contribution in [3.63, 3.8) is 0 Å². The van der Waals surface area contributed by atoms with Gasteiger partial charge in [-0.1, -0.05) is 0 Å². The van der Waals surface area contributed by atoms with E-state index in [1.807, 2.05) is 19.1 Å². The largest absolute Gasteiger partial charge is 0.462 e. The molecule has 1 atom stereocenters. The van der Waals surface area contributed by atoms with Crippen LogP contribution < -0.4 is 0 Å². The second-order valence-electron chi connectivity index (χ2n) is 6.78. The van der Waals surface area contributed by atoms with Gasteiger partial charge in [-0.3, -0.25) is 9.80 Å². The Morgan fingerprint density at radius 2 is 2.00 bits per heavy atom. The summed E-state index contributed by atoms with van der Waals surface area (Å²) >= 11 is 0. The Hall–Kier alpha value is -1.57. The highest BCUT2D eigenvalue weighted by molar-refractivity contribution is 5.67. The highest BCUT2D eigenvalue weighted by Gasteiger charge is 2.30. The molecule has 7 heteroatoms. The lowest BCUT2D eigenvalue weighted by Gasteiger charge is -2.43. The van der Waals surface area contributed by atoms with E-state index in [0.29, 0.717) is 18.4 Å². The second-order valence-corrected chi connectivity index (χ2v) is 6.78. The quantitative estimate of drug-likeness (QED) is 0.867. The molecule has 0 bridgehead atoms. The predicted octanol–water partition coefficient (Wildman–Crippen LogP) is 1.51. The third kappa shape index (κ3) is 4.74. The molecular weight excluding hydrogens is 322 g/mol. The van der Waals surface area contributed by atoms with Crippen molar-refractivity contribution in [2.24, 2.45) is 0 Å². The molecule has 0 saturated carbocycles. The van der Waals surface area contributed by atoms with Crippen LogP contribution in [-0.4, -0.2) is 77.8 Å². The molecule has 1 N–H and O–H groups in total. The summed E-state index contributed by atoms with van der Waals surface area (Å²) in [5, 5.41) is 9.11. The van der Waals surface area contributed by atoms with Gasteiger partial charge in [-0.05, 0) is 38.4 Å². The van der Waals surface area contributed by atoms with Crippen molar-refractivity contribution >= 4 is 6.09 Å². The molecule has 140 valence electrons. The van der Waals surface area contributed by atoms with Crippen LogP contribution in [0.15, 0.2) is 16.5 Å². The third-order valence-electron chi connectivity index (χ3n) is 5.09. The van der Waals surface area contributed by atoms with E-state index in [2.05, 4.69) is 9.80 Å². The van der Waals surface area contributed by atoms with Crippen molar-refractivity contribution in [2.75, 3.05) is 45.9 Å². The van der Waals surface area contributed by atoms with Gasteiger partial charge in [-0.2, -0.15) is 0 Å². The first-order valence-electron chi connectivity index (χ1n) is 9.26. The molecule has 1 amide bonds. The standard InChI is InChI=1S/C18H29N3O4/c1-2-24-18(23)21-10-8-20(9-11-21)15-4-3-7-19(12-15)13-16-5-6-17(14-22)25-16/h5-6,15,22H,2-4,7-14H2,1H3. The highest BCUT2D eigenvalue weighted by atomic mass is 16.6. The van der Waals surface area contributed by atoms with Gasteiger partial charge in [0.25, 0.3) is 0 Å². The van der Waals surface area contributed by atoms with E-state index < -0.39 is 0 Å². The number of piperazine rings is 1. The van der Waals surface area contributed by atoms with E-state index in [-0.39, 0.29) is 12.7 Å². The normalized spacial score (nSPS) is 23.0. The van der Waals surface area contributed by atoms with Crippen LogP contribution in [0.25, 0.3) is 0 Å². The molecule has 25 heavy (non-hydrogen) atoms. The number of likely N-dealkylation sites (tertiary alicyclic amines) is 1. The molecule has 3 heterocycles. The number of hydrogen-bond acceptors (Lipinski definition) is 6. The number of piperidine rings is 1. The molecule has 0 radical (unpaired) electrons. The fraction of sp³-hybridized carbons (Fsp3) is 0.722. The first kappa shape index (κ1) is 18.2. The number of furan rings is 1. The number of rotatable bonds is 5. The molecule has 7 nitrogen and oxygen atoms in total. The first-order valence-corrected chi connectivity index (χ1v) is 9.26. The fourth-order valence-electron chi connectivity index (χ4n) is 3.77. The monoisotopic (exact) mass is 351 g/mol. The van der Waals surface area contributed by atoms with Crippen molar-refractivity contribution in [3.05, 3.63) is 23.7 Å². The average Bonchev–Trinajstić information content (AvgIpc) is 3.10. The summed E-state index contributed by atoms with van der Waals surface area (Å²) in [4.78, 5) is 18.5. The van der Waals surface area contributed by atoms with Crippen LogP contribution in [0.5, 0.6) is 0 Å². The van der Waals surface area contributed by atoms with Gasteiger partial charge in [0.05, 0.1) is 13.2 Å². The predicted molar refractivity (Wildman–Crippen MR) is 93.1 cm³/mol. The molecule has 1 aromatic heterocycles. The molecule has 1 unspecified atom stereocenters. The van der Waals surface area contributed by atoms with Crippen LogP contribution in [0, 0.1) is 0 Å². The number of nitrogens with zero attached hydrogens (tertiary/aromatic N) is 3. The van der Waals surface area contributed by atoms with Gasteiger partial charge < -0.3 is 19.2 Å². The molecule has 0 aliphatic carbocycles. The number of aliphatic hydroxyl groups is 1. The molecule has 2 saturated heterocycles. The van der Waals surface area contributed by atoms with Crippen LogP contribution in [0.2, 0.25) is 0 Å². The summed E-state index contributed by atoms with van der Waals surface area (Å²) in [6.45, 7) is 8.42. The second kappa shape index (κ2) is 8.69. The zero-order chi connectivity index (χ0) is 17.6. The average molecular weight is 351 g/mol. The van der Waals surface area contributed by atoms with Gasteiger partial charge in [0.2, 0.25) is 0 Å². The van der Waals surface area contributed by atoms with E-state index in [1.54, 1.807) is 4.90 Å². The van der Waals surface area contributed by atoms with Crippen molar-refractivity contribution in [1.82, 2.24) is 14.7 Å². The number of carbonyl (C=O) groups excluding carboxylic acids is 1. The number of amides is 1. The van der Waals surface area contributed by atoms with Crippen LogP contribution in [-0.2, 0) is 17.9 Å². The minimum absolute atomic E-state index is 0.0482. The molecule has 3 rings (SSSR count).